The molecule has 0 bridgehead atoms. The van der Waals surface area contributed by atoms with Crippen LogP contribution >= 0.6 is 0 Å². The van der Waals surface area contributed by atoms with Crippen LogP contribution in [-0.4, -0.2) is 49.0 Å². The SMILES string of the molecule is COC(=O)C1CCCN(C(C)C(=O)NC(N)=O)C1. The van der Waals surface area contributed by atoms with Gasteiger partial charge < -0.3 is 10.5 Å². The molecule has 102 valence electrons. The van der Waals surface area contributed by atoms with Crippen LogP contribution in [0.1, 0.15) is 19.8 Å². The Morgan fingerprint density at radius 3 is 2.67 bits per heavy atom. The van der Waals surface area contributed by atoms with Crippen molar-refractivity contribution >= 4 is 17.9 Å². The van der Waals surface area contributed by atoms with Gasteiger partial charge in [0.05, 0.1) is 19.1 Å². The van der Waals surface area contributed by atoms with E-state index in [2.05, 4.69) is 0 Å². The molecule has 0 aromatic carbocycles. The third kappa shape index (κ3) is 3.69. The molecule has 0 aromatic heterocycles. The summed E-state index contributed by atoms with van der Waals surface area (Å²) in [5.41, 5.74) is 4.89. The summed E-state index contributed by atoms with van der Waals surface area (Å²) in [6.07, 6.45) is 1.57. The molecule has 0 aliphatic carbocycles. The van der Waals surface area contributed by atoms with Gasteiger partial charge in [-0.15, -0.1) is 0 Å². The summed E-state index contributed by atoms with van der Waals surface area (Å²) in [5, 5.41) is 2.04. The monoisotopic (exact) mass is 257 g/mol. The number of nitrogens with two attached hydrogens (primary N) is 1. The Labute approximate surface area is 106 Å². The van der Waals surface area contributed by atoms with E-state index in [-0.39, 0.29) is 11.9 Å². The van der Waals surface area contributed by atoms with Crippen LogP contribution in [-0.2, 0) is 14.3 Å². The Balaban J connectivity index is 2.57. The zero-order valence-electron chi connectivity index (χ0n) is 10.6. The number of nitrogens with zero attached hydrogens (tertiary/aromatic N) is 1. The van der Waals surface area contributed by atoms with E-state index in [0.717, 1.165) is 12.8 Å². The number of hydrogen-bond donors (Lipinski definition) is 2. The minimum absolute atomic E-state index is 0.215. The highest BCUT2D eigenvalue weighted by Crippen LogP contribution is 2.19. The highest BCUT2D eigenvalue weighted by Gasteiger charge is 2.31. The van der Waals surface area contributed by atoms with Gasteiger partial charge in [0, 0.05) is 6.54 Å². The number of likely N-dealkylation sites (tertiary alicyclic amines) is 1. The molecule has 0 saturated carbocycles. The molecule has 1 heterocycles. The van der Waals surface area contributed by atoms with Gasteiger partial charge in [-0.3, -0.25) is 19.8 Å². The molecular formula is C11H19N3O4. The van der Waals surface area contributed by atoms with Crippen molar-refractivity contribution in [2.45, 2.75) is 25.8 Å². The fraction of sp³-hybridized carbons (Fsp3) is 0.727. The summed E-state index contributed by atoms with van der Waals surface area (Å²) in [7, 11) is 1.35. The standard InChI is InChI=1S/C11H19N3O4/c1-7(9(15)13-11(12)17)14-5-3-4-8(6-14)10(16)18-2/h7-8H,3-6H2,1-2H3,(H3,12,13,15,17). The van der Waals surface area contributed by atoms with Crippen molar-refractivity contribution in [1.29, 1.82) is 0 Å². The maximum absolute atomic E-state index is 11.6. The van der Waals surface area contributed by atoms with E-state index in [4.69, 9.17) is 10.5 Å². The number of esters is 1. The second kappa shape index (κ2) is 6.34. The molecule has 1 aliphatic heterocycles. The van der Waals surface area contributed by atoms with Crippen LogP contribution in [0.15, 0.2) is 0 Å². The molecular weight excluding hydrogens is 238 g/mol. The summed E-state index contributed by atoms with van der Waals surface area (Å²) in [4.78, 5) is 35.6. The number of rotatable bonds is 3. The van der Waals surface area contributed by atoms with Gasteiger partial charge in [0.1, 0.15) is 0 Å². The Hall–Kier alpha value is -1.63. The molecule has 2 atom stereocenters. The number of amides is 3. The number of carbonyl (C=O) groups excluding carboxylic acids is 3. The third-order valence-electron chi connectivity index (χ3n) is 3.16. The molecule has 18 heavy (non-hydrogen) atoms. The molecule has 0 radical (unpaired) electrons. The zero-order valence-corrected chi connectivity index (χ0v) is 10.6. The lowest BCUT2D eigenvalue weighted by Crippen LogP contribution is -2.52. The van der Waals surface area contributed by atoms with Gasteiger partial charge in [0.25, 0.3) is 0 Å². The van der Waals surface area contributed by atoms with Crippen molar-refractivity contribution < 1.29 is 19.1 Å². The van der Waals surface area contributed by atoms with Gasteiger partial charge in [-0.1, -0.05) is 0 Å². The topological polar surface area (TPSA) is 102 Å². The molecule has 1 aliphatic rings. The van der Waals surface area contributed by atoms with Crippen molar-refractivity contribution in [3.05, 3.63) is 0 Å². The smallest absolute Gasteiger partial charge is 0.318 e. The van der Waals surface area contributed by atoms with E-state index in [0.29, 0.717) is 13.1 Å². The Kier molecular flexibility index (Phi) is 5.08. The molecule has 0 spiro atoms. The van der Waals surface area contributed by atoms with Crippen LogP contribution < -0.4 is 11.1 Å². The number of primary amides is 1. The molecule has 1 rings (SSSR count). The molecule has 7 heteroatoms. The molecule has 7 nitrogen and oxygen atoms in total. The average molecular weight is 257 g/mol. The fourth-order valence-electron chi connectivity index (χ4n) is 2.11. The van der Waals surface area contributed by atoms with E-state index < -0.39 is 18.0 Å². The van der Waals surface area contributed by atoms with Gasteiger partial charge in [-0.2, -0.15) is 0 Å². The minimum atomic E-state index is -0.867. The second-order valence-corrected chi connectivity index (χ2v) is 4.39. The zero-order chi connectivity index (χ0) is 13.7. The maximum atomic E-state index is 11.6. The molecule has 1 fully saturated rings. The average Bonchev–Trinajstić information content (AvgIpc) is 2.36. The number of carbonyl (C=O) groups is 3. The predicted molar refractivity (Wildman–Crippen MR) is 63.5 cm³/mol. The highest BCUT2D eigenvalue weighted by atomic mass is 16.5. The lowest BCUT2D eigenvalue weighted by atomic mass is 9.97. The summed E-state index contributed by atoms with van der Waals surface area (Å²) in [6.45, 7) is 2.85. The van der Waals surface area contributed by atoms with Crippen LogP contribution in [0.25, 0.3) is 0 Å². The molecule has 1 saturated heterocycles. The maximum Gasteiger partial charge on any atom is 0.318 e. The van der Waals surface area contributed by atoms with Gasteiger partial charge in [-0.25, -0.2) is 4.79 Å². The quantitative estimate of drug-likeness (QED) is 0.661. The summed E-state index contributed by atoms with van der Waals surface area (Å²) in [6, 6.07) is -1.36. The van der Waals surface area contributed by atoms with Crippen LogP contribution in [0.3, 0.4) is 0 Å². The van der Waals surface area contributed by atoms with E-state index in [9.17, 15) is 14.4 Å². The molecule has 0 aromatic rings. The number of ether oxygens (including phenoxy) is 1. The second-order valence-electron chi connectivity index (χ2n) is 4.39. The van der Waals surface area contributed by atoms with Gasteiger partial charge in [-0.05, 0) is 26.3 Å². The van der Waals surface area contributed by atoms with Crippen LogP contribution in [0, 0.1) is 5.92 Å². The normalized spacial score (nSPS) is 22.0. The first-order chi connectivity index (χ1) is 8.45. The first-order valence-electron chi connectivity index (χ1n) is 5.88. The molecule has 2 unspecified atom stereocenters. The van der Waals surface area contributed by atoms with Gasteiger partial charge in [0.2, 0.25) is 5.91 Å². The van der Waals surface area contributed by atoms with E-state index >= 15 is 0 Å². The molecule has 3 amide bonds. The van der Waals surface area contributed by atoms with Crippen molar-refractivity contribution in [1.82, 2.24) is 10.2 Å². The summed E-state index contributed by atoms with van der Waals surface area (Å²) >= 11 is 0. The van der Waals surface area contributed by atoms with Crippen molar-refractivity contribution in [2.24, 2.45) is 11.7 Å². The third-order valence-corrected chi connectivity index (χ3v) is 3.16. The number of methoxy groups -OCH3 is 1. The van der Waals surface area contributed by atoms with Crippen molar-refractivity contribution in [3.63, 3.8) is 0 Å². The van der Waals surface area contributed by atoms with Crippen molar-refractivity contribution in [2.75, 3.05) is 20.2 Å². The lowest BCUT2D eigenvalue weighted by molar-refractivity contribution is -0.148. The van der Waals surface area contributed by atoms with E-state index in [1.165, 1.54) is 7.11 Å². The Morgan fingerprint density at radius 2 is 2.11 bits per heavy atom. The van der Waals surface area contributed by atoms with E-state index in [1.807, 2.05) is 10.2 Å². The van der Waals surface area contributed by atoms with Gasteiger partial charge in [0.15, 0.2) is 0 Å². The first kappa shape index (κ1) is 14.4. The number of hydrogen-bond acceptors (Lipinski definition) is 5. The van der Waals surface area contributed by atoms with Gasteiger partial charge >= 0.3 is 12.0 Å². The predicted octanol–water partition coefficient (Wildman–Crippen LogP) is -0.545. The molecule has 3 N–H and O–H groups in total. The fourth-order valence-corrected chi connectivity index (χ4v) is 2.11. The minimum Gasteiger partial charge on any atom is -0.469 e. The van der Waals surface area contributed by atoms with Crippen LogP contribution in [0.2, 0.25) is 0 Å². The van der Waals surface area contributed by atoms with Crippen LogP contribution in [0.4, 0.5) is 4.79 Å². The lowest BCUT2D eigenvalue weighted by Gasteiger charge is -2.34. The Morgan fingerprint density at radius 1 is 1.44 bits per heavy atom. The Bertz CT molecular complexity index is 345. The number of urea groups is 1. The summed E-state index contributed by atoms with van der Waals surface area (Å²) < 4.78 is 4.70. The highest BCUT2D eigenvalue weighted by molar-refractivity contribution is 5.96. The first-order valence-corrected chi connectivity index (χ1v) is 5.88. The summed E-state index contributed by atoms with van der Waals surface area (Å²) in [5.74, 6) is -0.928. The van der Waals surface area contributed by atoms with E-state index in [1.54, 1.807) is 6.92 Å². The largest absolute Gasteiger partial charge is 0.469 e. The number of imide groups is 1. The number of nitrogens with one attached hydrogen (secondary N) is 1. The number of piperidine rings is 1. The van der Waals surface area contributed by atoms with Crippen LogP contribution in [0.5, 0.6) is 0 Å². The van der Waals surface area contributed by atoms with Crippen molar-refractivity contribution in [3.8, 4) is 0 Å².